The molecular weight excluding hydrogens is 429 g/mol. The molecule has 1 aliphatic carbocycles. The molecule has 0 saturated heterocycles. The minimum absolute atomic E-state index is 0.00212. The molecule has 0 aliphatic heterocycles. The first kappa shape index (κ1) is 22.6. The smallest absolute Gasteiger partial charge is 0.371 e. The van der Waals surface area contributed by atoms with E-state index in [1.807, 2.05) is 18.0 Å². The molecule has 0 bridgehead atoms. The molecule has 1 N–H and O–H groups in total. The average molecular weight is 452 g/mol. The minimum Gasteiger partial charge on any atom is -0.371 e. The van der Waals surface area contributed by atoms with Gasteiger partial charge in [-0.1, -0.05) is 18.2 Å². The van der Waals surface area contributed by atoms with Gasteiger partial charge in [-0.05, 0) is 62.1 Å². The number of nitrogens with zero attached hydrogens (tertiary/aromatic N) is 3. The summed E-state index contributed by atoms with van der Waals surface area (Å²) in [6.45, 7) is 0. The van der Waals surface area contributed by atoms with E-state index in [1.54, 1.807) is 48.5 Å². The third kappa shape index (κ3) is 4.92. The van der Waals surface area contributed by atoms with Crippen molar-refractivity contribution in [2.75, 3.05) is 11.9 Å². The lowest BCUT2D eigenvalue weighted by molar-refractivity contribution is -0.140. The van der Waals surface area contributed by atoms with Gasteiger partial charge in [-0.3, -0.25) is 4.79 Å². The van der Waals surface area contributed by atoms with E-state index >= 15 is 0 Å². The van der Waals surface area contributed by atoms with Gasteiger partial charge >= 0.3 is 6.18 Å². The summed E-state index contributed by atoms with van der Waals surface area (Å²) in [6.07, 6.45) is -1.58. The van der Waals surface area contributed by atoms with Crippen LogP contribution in [0.15, 0.2) is 54.6 Å². The number of amides is 1. The Morgan fingerprint density at radius 1 is 1.09 bits per heavy atom. The van der Waals surface area contributed by atoms with Crippen LogP contribution in [0.4, 0.5) is 18.9 Å². The van der Waals surface area contributed by atoms with E-state index in [2.05, 4.69) is 10.3 Å². The summed E-state index contributed by atoms with van der Waals surface area (Å²) < 4.78 is 40.3. The van der Waals surface area contributed by atoms with Crippen molar-refractivity contribution in [3.05, 3.63) is 71.4 Å². The quantitative estimate of drug-likeness (QED) is 0.583. The second kappa shape index (κ2) is 9.10. The number of nitriles is 1. The van der Waals surface area contributed by atoms with Gasteiger partial charge in [0.1, 0.15) is 5.69 Å². The first-order valence-corrected chi connectivity index (χ1v) is 10.8. The van der Waals surface area contributed by atoms with Crippen molar-refractivity contribution in [1.82, 2.24) is 10.3 Å². The molecule has 1 fully saturated rings. The first-order valence-electron chi connectivity index (χ1n) is 10.8. The second-order valence-corrected chi connectivity index (χ2v) is 8.32. The predicted molar refractivity (Wildman–Crippen MR) is 120 cm³/mol. The molecule has 0 unspecified atom stereocenters. The van der Waals surface area contributed by atoms with Crippen LogP contribution in [0.1, 0.15) is 47.3 Å². The summed E-state index contributed by atoms with van der Waals surface area (Å²) >= 11 is 0. The number of rotatable bonds is 4. The number of carbonyl (C=O) groups excluding carboxylic acids is 1. The van der Waals surface area contributed by atoms with Crippen LogP contribution in [0, 0.1) is 11.3 Å². The zero-order valence-corrected chi connectivity index (χ0v) is 18.1. The van der Waals surface area contributed by atoms with Crippen molar-refractivity contribution in [3.8, 4) is 6.07 Å². The van der Waals surface area contributed by atoms with Crippen LogP contribution >= 0.6 is 0 Å². The van der Waals surface area contributed by atoms with Crippen molar-refractivity contribution < 1.29 is 18.0 Å². The Morgan fingerprint density at radius 2 is 1.76 bits per heavy atom. The standard InChI is InChI=1S/C25H23F3N4O/c1-32(22-14-23(25(26,27)28)31-21-5-3-2-4-20(21)22)19-12-10-18(11-13-19)30-24(33)17-8-6-16(15-29)7-9-17/h2-9,14,18-19H,10-13H2,1H3,(H,30,33). The lowest BCUT2D eigenvalue weighted by Gasteiger charge is -2.37. The highest BCUT2D eigenvalue weighted by Gasteiger charge is 2.34. The fourth-order valence-corrected chi connectivity index (χ4v) is 4.36. The second-order valence-electron chi connectivity index (χ2n) is 8.32. The maximum atomic E-state index is 13.4. The van der Waals surface area contributed by atoms with E-state index in [4.69, 9.17) is 5.26 Å². The number of aromatic nitrogens is 1. The van der Waals surface area contributed by atoms with Crippen molar-refractivity contribution in [1.29, 1.82) is 5.26 Å². The minimum atomic E-state index is -4.52. The number of nitrogens with one attached hydrogen (secondary N) is 1. The molecule has 1 aromatic heterocycles. The van der Waals surface area contributed by atoms with Crippen molar-refractivity contribution >= 4 is 22.5 Å². The number of fused-ring (bicyclic) bond motifs is 1. The number of hydrogen-bond donors (Lipinski definition) is 1. The summed E-state index contributed by atoms with van der Waals surface area (Å²) in [4.78, 5) is 18.2. The van der Waals surface area contributed by atoms with Crippen LogP contribution in [-0.4, -0.2) is 30.0 Å². The highest BCUT2D eigenvalue weighted by molar-refractivity contribution is 5.94. The molecule has 1 saturated carbocycles. The van der Waals surface area contributed by atoms with Gasteiger partial charge in [-0.2, -0.15) is 18.4 Å². The van der Waals surface area contributed by atoms with Gasteiger partial charge in [0, 0.05) is 35.8 Å². The molecule has 2 aromatic carbocycles. The SMILES string of the molecule is CN(c1cc(C(F)(F)F)nc2ccccc12)C1CCC(NC(=O)c2ccc(C#N)cc2)CC1. The largest absolute Gasteiger partial charge is 0.433 e. The van der Waals surface area contributed by atoms with Gasteiger partial charge in [0.2, 0.25) is 0 Å². The maximum Gasteiger partial charge on any atom is 0.433 e. The Balaban J connectivity index is 1.45. The molecule has 3 aromatic rings. The lowest BCUT2D eigenvalue weighted by Crippen LogP contribution is -2.43. The first-order chi connectivity index (χ1) is 15.8. The Hall–Kier alpha value is -3.60. The molecule has 170 valence electrons. The van der Waals surface area contributed by atoms with E-state index in [0.717, 1.165) is 31.7 Å². The molecule has 8 heteroatoms. The van der Waals surface area contributed by atoms with Gasteiger partial charge in [0.15, 0.2) is 0 Å². The van der Waals surface area contributed by atoms with Gasteiger partial charge in [-0.25, -0.2) is 4.98 Å². The van der Waals surface area contributed by atoms with Crippen LogP contribution in [0.3, 0.4) is 0 Å². The molecule has 1 heterocycles. The summed E-state index contributed by atoms with van der Waals surface area (Å²) in [5, 5.41) is 12.6. The maximum absolute atomic E-state index is 13.4. The number of anilines is 1. The Bertz CT molecular complexity index is 1190. The number of alkyl halides is 3. The zero-order valence-electron chi connectivity index (χ0n) is 18.1. The summed E-state index contributed by atoms with van der Waals surface area (Å²) in [5.41, 5.74) is 0.922. The van der Waals surface area contributed by atoms with Gasteiger partial charge in [-0.15, -0.1) is 0 Å². The molecule has 4 rings (SSSR count). The Labute approximate surface area is 189 Å². The number of pyridine rings is 1. The molecule has 1 amide bonds. The monoisotopic (exact) mass is 452 g/mol. The summed E-state index contributed by atoms with van der Waals surface area (Å²) in [7, 11) is 1.82. The van der Waals surface area contributed by atoms with Crippen molar-refractivity contribution in [3.63, 3.8) is 0 Å². The van der Waals surface area contributed by atoms with E-state index < -0.39 is 11.9 Å². The van der Waals surface area contributed by atoms with Gasteiger partial charge in [0.25, 0.3) is 5.91 Å². The summed E-state index contributed by atoms with van der Waals surface area (Å²) in [5.74, 6) is -0.189. The summed E-state index contributed by atoms with van der Waals surface area (Å²) in [6, 6.07) is 16.5. The number of benzene rings is 2. The average Bonchev–Trinajstić information content (AvgIpc) is 2.83. The fraction of sp³-hybridized carbons (Fsp3) is 0.320. The molecule has 5 nitrogen and oxygen atoms in total. The number of carbonyl (C=O) groups is 1. The number of para-hydroxylation sites is 1. The number of hydrogen-bond acceptors (Lipinski definition) is 4. The van der Waals surface area contributed by atoms with E-state index in [-0.39, 0.29) is 18.0 Å². The molecule has 33 heavy (non-hydrogen) atoms. The van der Waals surface area contributed by atoms with Gasteiger partial charge in [0.05, 0.1) is 17.1 Å². The topological polar surface area (TPSA) is 69.0 Å². The van der Waals surface area contributed by atoms with Crippen LogP contribution in [0.5, 0.6) is 0 Å². The van der Waals surface area contributed by atoms with Crippen LogP contribution in [0.25, 0.3) is 10.9 Å². The number of halogens is 3. The van der Waals surface area contributed by atoms with Gasteiger partial charge < -0.3 is 10.2 Å². The highest BCUT2D eigenvalue weighted by Crippen LogP contribution is 2.36. The third-order valence-electron chi connectivity index (χ3n) is 6.22. The fourth-order valence-electron chi connectivity index (χ4n) is 4.36. The van der Waals surface area contributed by atoms with E-state index in [9.17, 15) is 18.0 Å². The molecular formula is C25H23F3N4O. The zero-order chi connectivity index (χ0) is 23.6. The van der Waals surface area contributed by atoms with Crippen LogP contribution in [0.2, 0.25) is 0 Å². The van der Waals surface area contributed by atoms with Crippen LogP contribution < -0.4 is 10.2 Å². The van der Waals surface area contributed by atoms with E-state index in [1.165, 1.54) is 0 Å². The lowest BCUT2D eigenvalue weighted by atomic mass is 9.89. The Kier molecular flexibility index (Phi) is 6.23. The van der Waals surface area contributed by atoms with Crippen molar-refractivity contribution in [2.45, 2.75) is 43.9 Å². The Morgan fingerprint density at radius 3 is 2.39 bits per heavy atom. The van der Waals surface area contributed by atoms with Crippen LogP contribution in [-0.2, 0) is 6.18 Å². The van der Waals surface area contributed by atoms with Crippen molar-refractivity contribution in [2.24, 2.45) is 0 Å². The normalized spacial score (nSPS) is 18.5. The third-order valence-corrected chi connectivity index (χ3v) is 6.22. The highest BCUT2D eigenvalue weighted by atomic mass is 19.4. The molecule has 0 spiro atoms. The predicted octanol–water partition coefficient (Wildman–Crippen LogP) is 5.30. The molecule has 0 atom stereocenters. The molecule has 0 radical (unpaired) electrons. The van der Waals surface area contributed by atoms with E-state index in [0.29, 0.717) is 27.7 Å². The molecule has 1 aliphatic rings.